The highest BCUT2D eigenvalue weighted by molar-refractivity contribution is 6.20. The van der Waals surface area contributed by atoms with Gasteiger partial charge in [-0.3, -0.25) is 4.79 Å². The van der Waals surface area contributed by atoms with Gasteiger partial charge in [0.2, 0.25) is 0 Å². The summed E-state index contributed by atoms with van der Waals surface area (Å²) in [4.78, 5) is 24.6. The van der Waals surface area contributed by atoms with Gasteiger partial charge in [-0.1, -0.05) is 25.4 Å². The third kappa shape index (κ3) is 9.02. The number of hydrogen-bond donors (Lipinski definition) is 0. The smallest absolute Gasteiger partial charge is 0.410 e. The van der Waals surface area contributed by atoms with Crippen LogP contribution in [0, 0.1) is 5.92 Å². The number of carbonyl (C=O) groups excluding carboxylic acids is 2. The molecule has 0 aliphatic heterocycles. The second-order valence-corrected chi connectivity index (χ2v) is 6.52. The van der Waals surface area contributed by atoms with E-state index in [0.717, 1.165) is 0 Å². The van der Waals surface area contributed by atoms with Crippen LogP contribution in [-0.2, 0) is 14.3 Å². The van der Waals surface area contributed by atoms with E-state index in [9.17, 15) is 9.59 Å². The monoisotopic (exact) mass is 307 g/mol. The largest absolute Gasteiger partial charge is 0.460 e. The Labute approximate surface area is 126 Å². The Morgan fingerprint density at radius 3 is 2.25 bits per heavy atom. The van der Waals surface area contributed by atoms with Gasteiger partial charge >= 0.3 is 12.1 Å². The van der Waals surface area contributed by atoms with E-state index in [2.05, 4.69) is 0 Å². The molecule has 0 saturated carbocycles. The summed E-state index contributed by atoms with van der Waals surface area (Å²) in [5, 5.41) is 0. The van der Waals surface area contributed by atoms with Gasteiger partial charge in [-0.15, -0.1) is 0 Å². The minimum atomic E-state index is -0.643. The lowest BCUT2D eigenvalue weighted by Crippen LogP contribution is -2.32. The Hall–Kier alpha value is -0.970. The summed E-state index contributed by atoms with van der Waals surface area (Å²) in [5.74, 6) is -0.215. The number of esters is 1. The molecule has 0 aromatic carbocycles. The van der Waals surface area contributed by atoms with E-state index in [4.69, 9.17) is 21.1 Å². The van der Waals surface area contributed by atoms with Crippen molar-refractivity contribution in [2.24, 2.45) is 5.92 Å². The van der Waals surface area contributed by atoms with E-state index < -0.39 is 17.3 Å². The molecule has 0 heterocycles. The van der Waals surface area contributed by atoms with Gasteiger partial charge < -0.3 is 14.4 Å². The number of nitrogens with zero attached hydrogens (tertiary/aromatic N) is 1. The van der Waals surface area contributed by atoms with Crippen LogP contribution < -0.4 is 0 Å². The Morgan fingerprint density at radius 1 is 1.25 bits per heavy atom. The molecule has 0 fully saturated rings. The molecule has 1 amide bonds. The second kappa shape index (κ2) is 8.35. The van der Waals surface area contributed by atoms with Gasteiger partial charge in [0.25, 0.3) is 0 Å². The lowest BCUT2D eigenvalue weighted by atomic mass is 10.2. The predicted octanol–water partition coefficient (Wildman–Crippen LogP) is 3.40. The average Bonchev–Trinajstić information content (AvgIpc) is 2.25. The number of amides is 1. The highest BCUT2D eigenvalue weighted by Gasteiger charge is 2.19. The summed E-state index contributed by atoms with van der Waals surface area (Å²) >= 11 is 5.87. The predicted molar refractivity (Wildman–Crippen MR) is 78.7 cm³/mol. The number of alkyl halides is 1. The summed E-state index contributed by atoms with van der Waals surface area (Å²) in [6.07, 6.45) is 0.307. The van der Waals surface area contributed by atoms with E-state index in [1.807, 2.05) is 34.6 Å². The maximum absolute atomic E-state index is 11.7. The van der Waals surface area contributed by atoms with Crippen LogP contribution in [0.5, 0.6) is 0 Å². The van der Waals surface area contributed by atoms with Gasteiger partial charge in [-0.2, -0.15) is 0 Å². The van der Waals surface area contributed by atoms with Crippen molar-refractivity contribution < 1.29 is 19.1 Å². The van der Waals surface area contributed by atoms with Gasteiger partial charge in [0.15, 0.2) is 5.56 Å². The third-order valence-electron chi connectivity index (χ3n) is 2.34. The van der Waals surface area contributed by atoms with Gasteiger partial charge in [0.1, 0.15) is 5.60 Å². The molecule has 20 heavy (non-hydrogen) atoms. The van der Waals surface area contributed by atoms with Crippen molar-refractivity contribution in [1.29, 1.82) is 0 Å². The molecule has 0 N–H and O–H groups in total. The van der Waals surface area contributed by atoms with E-state index in [1.165, 1.54) is 4.90 Å². The molecule has 0 aliphatic rings. The van der Waals surface area contributed by atoms with Crippen LogP contribution in [0.25, 0.3) is 0 Å². The number of rotatable bonds is 6. The topological polar surface area (TPSA) is 55.8 Å². The van der Waals surface area contributed by atoms with Crippen LogP contribution in [-0.4, -0.2) is 41.7 Å². The first-order valence-corrected chi connectivity index (χ1v) is 7.24. The standard InChI is InChI=1S/C14H26ClNO4/c1-10(2)12(15)19-13(18)16(6)9-7-8-11(17)20-14(3,4)5/h10,12H,7-9H2,1-6H3. The van der Waals surface area contributed by atoms with Gasteiger partial charge in [-0.25, -0.2) is 4.79 Å². The maximum Gasteiger partial charge on any atom is 0.410 e. The zero-order chi connectivity index (χ0) is 15.9. The molecular weight excluding hydrogens is 282 g/mol. The van der Waals surface area contributed by atoms with Crippen LogP contribution in [0.3, 0.4) is 0 Å². The lowest BCUT2D eigenvalue weighted by molar-refractivity contribution is -0.154. The Morgan fingerprint density at radius 2 is 1.80 bits per heavy atom. The highest BCUT2D eigenvalue weighted by atomic mass is 35.5. The first-order valence-electron chi connectivity index (χ1n) is 6.80. The number of carbonyl (C=O) groups is 2. The van der Waals surface area contributed by atoms with Gasteiger partial charge in [0, 0.05) is 25.9 Å². The summed E-state index contributed by atoms with van der Waals surface area (Å²) in [5.41, 5.74) is -1.12. The average molecular weight is 308 g/mol. The highest BCUT2D eigenvalue weighted by Crippen LogP contribution is 2.13. The Kier molecular flexibility index (Phi) is 7.94. The Bertz CT molecular complexity index is 326. The first kappa shape index (κ1) is 19.0. The van der Waals surface area contributed by atoms with Gasteiger partial charge in [0.05, 0.1) is 0 Å². The molecule has 0 bridgehead atoms. The molecule has 0 saturated heterocycles. The fourth-order valence-electron chi connectivity index (χ4n) is 1.27. The second-order valence-electron chi connectivity index (χ2n) is 6.09. The SMILES string of the molecule is CC(C)C(Cl)OC(=O)N(C)CCCC(=O)OC(C)(C)C. The molecule has 0 rings (SSSR count). The third-order valence-corrected chi connectivity index (χ3v) is 2.94. The van der Waals surface area contributed by atoms with E-state index >= 15 is 0 Å². The fourth-order valence-corrected chi connectivity index (χ4v) is 1.34. The number of hydrogen-bond acceptors (Lipinski definition) is 4. The minimum Gasteiger partial charge on any atom is -0.460 e. The molecule has 1 atom stereocenters. The molecular formula is C14H26ClNO4. The van der Waals surface area contributed by atoms with E-state index in [-0.39, 0.29) is 18.3 Å². The quantitative estimate of drug-likeness (QED) is 0.557. The molecule has 0 spiro atoms. The van der Waals surface area contributed by atoms with Crippen LogP contribution in [0.15, 0.2) is 0 Å². The van der Waals surface area contributed by atoms with Gasteiger partial charge in [-0.05, 0) is 27.2 Å². The summed E-state index contributed by atoms with van der Waals surface area (Å²) in [6.45, 7) is 9.61. The molecule has 1 unspecified atom stereocenters. The summed E-state index contributed by atoms with van der Waals surface area (Å²) < 4.78 is 10.2. The molecule has 118 valence electrons. The van der Waals surface area contributed by atoms with E-state index in [0.29, 0.717) is 13.0 Å². The van der Waals surface area contributed by atoms with E-state index in [1.54, 1.807) is 7.05 Å². The van der Waals surface area contributed by atoms with Crippen LogP contribution in [0.1, 0.15) is 47.5 Å². The van der Waals surface area contributed by atoms with Crippen molar-refractivity contribution >= 4 is 23.7 Å². The normalized spacial score (nSPS) is 13.0. The summed E-state index contributed by atoms with van der Waals surface area (Å²) in [7, 11) is 1.61. The molecule has 5 nitrogen and oxygen atoms in total. The zero-order valence-electron chi connectivity index (χ0n) is 13.2. The number of halogens is 1. The van der Waals surface area contributed by atoms with Crippen LogP contribution >= 0.6 is 11.6 Å². The molecule has 0 aromatic heterocycles. The minimum absolute atomic E-state index is 0.0516. The van der Waals surface area contributed by atoms with Crippen LogP contribution in [0.4, 0.5) is 4.79 Å². The lowest BCUT2D eigenvalue weighted by Gasteiger charge is -2.22. The number of ether oxygens (including phenoxy) is 2. The molecule has 6 heteroatoms. The van der Waals surface area contributed by atoms with Crippen molar-refractivity contribution in [3.63, 3.8) is 0 Å². The van der Waals surface area contributed by atoms with Crippen molar-refractivity contribution in [2.45, 2.75) is 58.6 Å². The summed E-state index contributed by atoms with van der Waals surface area (Å²) in [6, 6.07) is 0. The molecule has 0 aromatic rings. The maximum atomic E-state index is 11.7. The van der Waals surface area contributed by atoms with Crippen molar-refractivity contribution in [2.75, 3.05) is 13.6 Å². The molecule has 0 radical (unpaired) electrons. The first-order chi connectivity index (χ1) is 9.03. The zero-order valence-corrected chi connectivity index (χ0v) is 14.0. The van der Waals surface area contributed by atoms with Crippen LogP contribution in [0.2, 0.25) is 0 Å². The van der Waals surface area contributed by atoms with Crippen molar-refractivity contribution in [3.8, 4) is 0 Å². The molecule has 0 aliphatic carbocycles. The van der Waals surface area contributed by atoms with Crippen molar-refractivity contribution in [3.05, 3.63) is 0 Å². The Balaban J connectivity index is 3.96. The van der Waals surface area contributed by atoms with Crippen molar-refractivity contribution in [1.82, 2.24) is 4.90 Å². The fraction of sp³-hybridized carbons (Fsp3) is 0.857.